The number of nitrogens with one attached hydrogen (secondary N) is 1. The lowest BCUT2D eigenvalue weighted by molar-refractivity contribution is 0.0941. The van der Waals surface area contributed by atoms with Crippen molar-refractivity contribution in [3.63, 3.8) is 0 Å². The highest BCUT2D eigenvalue weighted by atomic mass is 19.1. The third kappa shape index (κ3) is 4.42. The molecular weight excluding hydrogens is 395 g/mol. The average molecular weight is 419 g/mol. The van der Waals surface area contributed by atoms with Crippen molar-refractivity contribution in [2.24, 2.45) is 5.92 Å². The van der Waals surface area contributed by atoms with Crippen molar-refractivity contribution in [3.05, 3.63) is 64.6 Å². The fraction of sp³-hybridized carbons (Fsp3) is 0.364. The van der Waals surface area contributed by atoms with E-state index in [1.165, 1.54) is 22.7 Å². The fourth-order valence-corrected chi connectivity index (χ4v) is 3.05. The highest BCUT2D eigenvalue weighted by Gasteiger charge is 2.21. The van der Waals surface area contributed by atoms with E-state index < -0.39 is 24.9 Å². The summed E-state index contributed by atoms with van der Waals surface area (Å²) in [4.78, 5) is 17.1. The van der Waals surface area contributed by atoms with Crippen molar-refractivity contribution in [1.82, 2.24) is 14.7 Å². The molecule has 1 unspecified atom stereocenters. The summed E-state index contributed by atoms with van der Waals surface area (Å²) in [7, 11) is 0. The lowest BCUT2D eigenvalue weighted by Gasteiger charge is -2.12. The number of hydrogen-bond donors (Lipinski definition) is 1. The normalized spacial score (nSPS) is 12.2. The molecule has 3 aromatic rings. The monoisotopic (exact) mass is 419 g/mol. The number of imidazole rings is 1. The Hall–Kier alpha value is -3.03. The number of aromatic nitrogens is 2. The Morgan fingerprint density at radius 2 is 2.00 bits per heavy atom. The molecule has 0 aliphatic heterocycles. The van der Waals surface area contributed by atoms with Crippen LogP contribution >= 0.6 is 0 Å². The van der Waals surface area contributed by atoms with Gasteiger partial charge in [-0.05, 0) is 31.0 Å². The molecule has 1 aromatic carbocycles. The Bertz CT molecular complexity index is 1050. The topological polar surface area (TPSA) is 55.6 Å². The maximum atomic E-state index is 13.9. The van der Waals surface area contributed by atoms with E-state index in [2.05, 4.69) is 10.3 Å². The van der Waals surface area contributed by atoms with Crippen molar-refractivity contribution in [1.29, 1.82) is 0 Å². The summed E-state index contributed by atoms with van der Waals surface area (Å²) in [6, 6.07) is 4.95. The van der Waals surface area contributed by atoms with Gasteiger partial charge in [0.1, 0.15) is 30.6 Å². The smallest absolute Gasteiger partial charge is 0.270 e. The van der Waals surface area contributed by atoms with Crippen LogP contribution in [-0.2, 0) is 13.3 Å². The van der Waals surface area contributed by atoms with Gasteiger partial charge < -0.3 is 10.1 Å². The molecule has 2 aromatic heterocycles. The summed E-state index contributed by atoms with van der Waals surface area (Å²) in [6.45, 7) is 5.03. The number of carbonyl (C=O) groups excluding carboxylic acids is 1. The van der Waals surface area contributed by atoms with Crippen LogP contribution in [0.1, 0.15) is 47.6 Å². The molecule has 3 rings (SSSR count). The van der Waals surface area contributed by atoms with Crippen LogP contribution in [-0.4, -0.2) is 21.8 Å². The first kappa shape index (κ1) is 21.7. The van der Waals surface area contributed by atoms with Crippen LogP contribution in [0.5, 0.6) is 5.75 Å². The third-order valence-corrected chi connectivity index (χ3v) is 5.03. The number of nitrogens with zero attached hydrogens (tertiary/aromatic N) is 2. The number of alkyl halides is 1. The lowest BCUT2D eigenvalue weighted by Crippen LogP contribution is -2.29. The second kappa shape index (κ2) is 9.19. The summed E-state index contributed by atoms with van der Waals surface area (Å²) < 4.78 is 48.4. The maximum absolute atomic E-state index is 13.9. The van der Waals surface area contributed by atoms with Crippen LogP contribution in [0.3, 0.4) is 0 Å². The number of ether oxygens (including phenoxy) is 1. The molecule has 2 heterocycles. The highest BCUT2D eigenvalue weighted by Crippen LogP contribution is 2.26. The summed E-state index contributed by atoms with van der Waals surface area (Å²) >= 11 is 0. The SMILES string of the molecule is CCC(C)CNC(=O)c1c(C)nc2c(OCc3c(F)cccc3F)cc(CF)cn12. The second-order valence-corrected chi connectivity index (χ2v) is 7.30. The Morgan fingerprint density at radius 3 is 2.63 bits per heavy atom. The van der Waals surface area contributed by atoms with Crippen molar-refractivity contribution in [3.8, 4) is 5.75 Å². The molecule has 30 heavy (non-hydrogen) atoms. The zero-order valence-corrected chi connectivity index (χ0v) is 17.1. The Morgan fingerprint density at radius 1 is 1.30 bits per heavy atom. The van der Waals surface area contributed by atoms with E-state index in [1.807, 2.05) is 13.8 Å². The number of rotatable bonds is 8. The van der Waals surface area contributed by atoms with E-state index in [-0.39, 0.29) is 34.1 Å². The summed E-state index contributed by atoms with van der Waals surface area (Å²) in [5, 5.41) is 2.86. The summed E-state index contributed by atoms with van der Waals surface area (Å²) in [6.07, 6.45) is 2.40. The number of hydrogen-bond acceptors (Lipinski definition) is 3. The summed E-state index contributed by atoms with van der Waals surface area (Å²) in [5.74, 6) is -1.36. The molecule has 8 heteroatoms. The Labute approximate surface area is 172 Å². The van der Waals surface area contributed by atoms with Crippen molar-refractivity contribution in [2.45, 2.75) is 40.5 Å². The molecule has 160 valence electrons. The van der Waals surface area contributed by atoms with Gasteiger partial charge in [0.05, 0.1) is 11.3 Å². The molecule has 0 saturated carbocycles. The summed E-state index contributed by atoms with van der Waals surface area (Å²) in [5.41, 5.74) is 0.992. The largest absolute Gasteiger partial charge is 0.485 e. The number of amides is 1. The van der Waals surface area contributed by atoms with Gasteiger partial charge in [0, 0.05) is 18.3 Å². The number of benzene rings is 1. The number of pyridine rings is 1. The van der Waals surface area contributed by atoms with Crippen LogP contribution < -0.4 is 10.1 Å². The molecule has 0 fully saturated rings. The Balaban J connectivity index is 1.97. The van der Waals surface area contributed by atoms with Gasteiger partial charge in [-0.25, -0.2) is 18.2 Å². The molecule has 0 bridgehead atoms. The standard InChI is InChI=1S/C22H24F3N3O2/c1-4-13(2)10-26-22(29)20-14(3)27-21-19(8-15(9-23)11-28(20)21)30-12-16-17(24)6-5-7-18(16)25/h5-8,11,13H,4,9-10,12H2,1-3H3,(H,26,29). The molecule has 0 radical (unpaired) electrons. The minimum atomic E-state index is -0.800. The highest BCUT2D eigenvalue weighted by molar-refractivity contribution is 5.95. The zero-order valence-electron chi connectivity index (χ0n) is 17.1. The molecule has 1 N–H and O–H groups in total. The van der Waals surface area contributed by atoms with Gasteiger partial charge in [-0.1, -0.05) is 26.3 Å². The van der Waals surface area contributed by atoms with Gasteiger partial charge in [0.15, 0.2) is 11.4 Å². The van der Waals surface area contributed by atoms with Crippen molar-refractivity contribution < 1.29 is 22.7 Å². The van der Waals surface area contributed by atoms with E-state index in [0.717, 1.165) is 18.6 Å². The van der Waals surface area contributed by atoms with E-state index in [9.17, 15) is 18.0 Å². The van der Waals surface area contributed by atoms with Crippen LogP contribution in [0.2, 0.25) is 0 Å². The number of halogens is 3. The number of carbonyl (C=O) groups is 1. The third-order valence-electron chi connectivity index (χ3n) is 5.03. The van der Waals surface area contributed by atoms with Gasteiger partial charge >= 0.3 is 0 Å². The molecular formula is C22H24F3N3O2. The van der Waals surface area contributed by atoms with Crippen LogP contribution in [0.25, 0.3) is 5.65 Å². The minimum absolute atomic E-state index is 0.136. The molecule has 0 spiro atoms. The van der Waals surface area contributed by atoms with E-state index >= 15 is 0 Å². The lowest BCUT2D eigenvalue weighted by atomic mass is 10.1. The van der Waals surface area contributed by atoms with E-state index in [4.69, 9.17) is 4.74 Å². The molecule has 5 nitrogen and oxygen atoms in total. The average Bonchev–Trinajstić information content (AvgIpc) is 3.06. The first-order chi connectivity index (χ1) is 14.3. The van der Waals surface area contributed by atoms with Gasteiger partial charge in [-0.3, -0.25) is 9.20 Å². The van der Waals surface area contributed by atoms with Gasteiger partial charge in [-0.2, -0.15) is 0 Å². The van der Waals surface area contributed by atoms with E-state index in [1.54, 1.807) is 6.92 Å². The fourth-order valence-electron chi connectivity index (χ4n) is 3.05. The first-order valence-electron chi connectivity index (χ1n) is 9.77. The van der Waals surface area contributed by atoms with Crippen molar-refractivity contribution >= 4 is 11.6 Å². The minimum Gasteiger partial charge on any atom is -0.485 e. The molecule has 1 atom stereocenters. The predicted octanol–water partition coefficient (Wildman–Crippen LogP) is 4.75. The molecule has 0 saturated heterocycles. The Kier molecular flexibility index (Phi) is 6.64. The first-order valence-corrected chi connectivity index (χ1v) is 9.77. The van der Waals surface area contributed by atoms with Crippen LogP contribution in [0.4, 0.5) is 13.2 Å². The van der Waals surface area contributed by atoms with E-state index in [0.29, 0.717) is 18.2 Å². The maximum Gasteiger partial charge on any atom is 0.270 e. The number of aryl methyl sites for hydroxylation is 1. The molecule has 1 amide bonds. The van der Waals surface area contributed by atoms with Crippen LogP contribution in [0, 0.1) is 24.5 Å². The van der Waals surface area contributed by atoms with Crippen molar-refractivity contribution in [2.75, 3.05) is 6.54 Å². The molecule has 0 aliphatic carbocycles. The predicted molar refractivity (Wildman–Crippen MR) is 107 cm³/mol. The number of fused-ring (bicyclic) bond motifs is 1. The second-order valence-electron chi connectivity index (χ2n) is 7.30. The van der Waals surface area contributed by atoms with Gasteiger partial charge in [0.25, 0.3) is 5.91 Å². The van der Waals surface area contributed by atoms with Crippen LogP contribution in [0.15, 0.2) is 30.5 Å². The quantitative estimate of drug-likeness (QED) is 0.574. The van der Waals surface area contributed by atoms with Gasteiger partial charge in [-0.15, -0.1) is 0 Å². The zero-order chi connectivity index (χ0) is 21.8. The van der Waals surface area contributed by atoms with Gasteiger partial charge in [0.2, 0.25) is 0 Å². The molecule has 0 aliphatic rings.